The summed E-state index contributed by atoms with van der Waals surface area (Å²) in [5.41, 5.74) is -2.52. The van der Waals surface area contributed by atoms with Crippen LogP contribution in [0.25, 0.3) is 0 Å². The highest BCUT2D eigenvalue weighted by Gasteiger charge is 2.37. The van der Waals surface area contributed by atoms with Crippen molar-refractivity contribution in [2.75, 3.05) is 5.32 Å². The second-order valence-electron chi connectivity index (χ2n) is 5.67. The van der Waals surface area contributed by atoms with E-state index in [0.717, 1.165) is 24.3 Å². The highest BCUT2D eigenvalue weighted by molar-refractivity contribution is 6.32. The van der Waals surface area contributed by atoms with E-state index >= 15 is 0 Å². The van der Waals surface area contributed by atoms with Crippen LogP contribution in [0, 0.1) is 11.6 Å². The largest absolute Gasteiger partial charge is 0.455 e. The van der Waals surface area contributed by atoms with Gasteiger partial charge in [-0.1, -0.05) is 11.6 Å². The number of benzene rings is 2. The zero-order valence-corrected chi connectivity index (χ0v) is 15.0. The van der Waals surface area contributed by atoms with Crippen LogP contribution < -0.4 is 10.1 Å². The van der Waals surface area contributed by atoms with Gasteiger partial charge in [0.05, 0.1) is 22.5 Å². The Morgan fingerprint density at radius 1 is 1.07 bits per heavy atom. The molecule has 1 amide bonds. The highest BCUT2D eigenvalue weighted by atomic mass is 35.5. The Morgan fingerprint density at radius 3 is 2.41 bits per heavy atom. The summed E-state index contributed by atoms with van der Waals surface area (Å²) in [6, 6.07) is 7.06. The summed E-state index contributed by atoms with van der Waals surface area (Å²) in [6.45, 7) is 0. The molecule has 1 heterocycles. The summed E-state index contributed by atoms with van der Waals surface area (Å²) in [5.74, 6) is -4.42. The first-order chi connectivity index (χ1) is 13.7. The predicted octanol–water partition coefficient (Wildman–Crippen LogP) is 6.08. The first-order valence-corrected chi connectivity index (χ1v) is 8.28. The smallest absolute Gasteiger partial charge is 0.419 e. The van der Waals surface area contributed by atoms with Crippen LogP contribution in [-0.4, -0.2) is 10.9 Å². The lowest BCUT2D eigenvalue weighted by Crippen LogP contribution is -2.19. The molecule has 0 fully saturated rings. The van der Waals surface area contributed by atoms with Gasteiger partial charge in [0.15, 0.2) is 5.82 Å². The Bertz CT molecular complexity index is 1060. The van der Waals surface area contributed by atoms with Crippen LogP contribution >= 0.6 is 11.6 Å². The van der Waals surface area contributed by atoms with Gasteiger partial charge in [-0.3, -0.25) is 9.78 Å². The summed E-state index contributed by atoms with van der Waals surface area (Å²) >= 11 is 5.84. The minimum atomic E-state index is -5.04. The molecule has 1 N–H and O–H groups in total. The number of anilines is 1. The van der Waals surface area contributed by atoms with E-state index in [1.54, 1.807) is 0 Å². The SMILES string of the molecule is O=C(Nc1cccnc1)c1c(Oc2ccc(F)cc2Cl)ccc(C(F)(F)F)c1F. The monoisotopic (exact) mass is 428 g/mol. The molecule has 3 rings (SSSR count). The molecule has 0 saturated carbocycles. The Kier molecular flexibility index (Phi) is 5.69. The highest BCUT2D eigenvalue weighted by Crippen LogP contribution is 2.38. The van der Waals surface area contributed by atoms with Gasteiger partial charge in [0, 0.05) is 6.20 Å². The van der Waals surface area contributed by atoms with Crippen molar-refractivity contribution in [3.05, 3.63) is 82.6 Å². The van der Waals surface area contributed by atoms with Crippen LogP contribution in [0.3, 0.4) is 0 Å². The van der Waals surface area contributed by atoms with Crippen molar-refractivity contribution < 1.29 is 31.5 Å². The Labute approximate surface area is 165 Å². The molecular weight excluding hydrogens is 419 g/mol. The van der Waals surface area contributed by atoms with Crippen LogP contribution in [0.5, 0.6) is 11.5 Å². The normalized spacial score (nSPS) is 11.2. The molecular formula is C19H10ClF5N2O2. The van der Waals surface area contributed by atoms with Crippen LogP contribution in [0.15, 0.2) is 54.9 Å². The van der Waals surface area contributed by atoms with Crippen LogP contribution in [0.2, 0.25) is 5.02 Å². The molecule has 0 aliphatic heterocycles. The number of halogens is 6. The topological polar surface area (TPSA) is 51.2 Å². The van der Waals surface area contributed by atoms with E-state index in [0.29, 0.717) is 6.07 Å². The van der Waals surface area contributed by atoms with Gasteiger partial charge < -0.3 is 10.1 Å². The fourth-order valence-electron chi connectivity index (χ4n) is 2.38. The standard InChI is InChI=1S/C19H10ClF5N2O2/c20-13-8-10(21)3-5-14(13)29-15-6-4-12(19(23,24)25)17(22)16(15)18(28)27-11-2-1-7-26-9-11/h1-9H,(H,27,28). The maximum atomic E-state index is 14.7. The number of alkyl halides is 3. The molecule has 4 nitrogen and oxygen atoms in total. The molecule has 0 bridgehead atoms. The number of carbonyl (C=O) groups is 1. The minimum Gasteiger partial charge on any atom is -0.455 e. The second kappa shape index (κ2) is 8.04. The Hall–Kier alpha value is -3.20. The van der Waals surface area contributed by atoms with Crippen molar-refractivity contribution in [1.82, 2.24) is 4.98 Å². The van der Waals surface area contributed by atoms with Gasteiger partial charge in [-0.25, -0.2) is 8.78 Å². The first kappa shape index (κ1) is 20.5. The van der Waals surface area contributed by atoms with Gasteiger partial charge in [-0.2, -0.15) is 13.2 Å². The maximum absolute atomic E-state index is 14.7. The lowest BCUT2D eigenvalue weighted by molar-refractivity contribution is -0.140. The molecule has 0 aliphatic carbocycles. The van der Waals surface area contributed by atoms with Gasteiger partial charge >= 0.3 is 6.18 Å². The van der Waals surface area contributed by atoms with Gasteiger partial charge in [-0.05, 0) is 42.5 Å². The molecule has 3 aromatic rings. The molecule has 0 radical (unpaired) electrons. The molecule has 0 atom stereocenters. The van der Waals surface area contributed by atoms with Crippen molar-refractivity contribution in [3.63, 3.8) is 0 Å². The average Bonchev–Trinajstić information content (AvgIpc) is 2.64. The molecule has 0 spiro atoms. The Balaban J connectivity index is 2.07. The molecule has 0 saturated heterocycles. The number of hydrogen-bond acceptors (Lipinski definition) is 3. The van der Waals surface area contributed by atoms with E-state index in [1.807, 2.05) is 0 Å². The van der Waals surface area contributed by atoms with E-state index in [9.17, 15) is 26.7 Å². The number of rotatable bonds is 4. The summed E-state index contributed by atoms with van der Waals surface area (Å²) in [6.07, 6.45) is -2.41. The zero-order chi connectivity index (χ0) is 21.2. The third kappa shape index (κ3) is 4.62. The first-order valence-electron chi connectivity index (χ1n) is 7.91. The third-order valence-electron chi connectivity index (χ3n) is 3.67. The molecule has 150 valence electrons. The summed E-state index contributed by atoms with van der Waals surface area (Å²) in [7, 11) is 0. The van der Waals surface area contributed by atoms with Gasteiger partial charge in [0.25, 0.3) is 5.91 Å². The lowest BCUT2D eigenvalue weighted by atomic mass is 10.1. The molecule has 2 aromatic carbocycles. The van der Waals surface area contributed by atoms with E-state index in [4.69, 9.17) is 16.3 Å². The zero-order valence-electron chi connectivity index (χ0n) is 14.2. The number of ether oxygens (including phenoxy) is 1. The van der Waals surface area contributed by atoms with Crippen molar-refractivity contribution in [2.24, 2.45) is 0 Å². The number of hydrogen-bond donors (Lipinski definition) is 1. The van der Waals surface area contributed by atoms with Crippen molar-refractivity contribution in [3.8, 4) is 11.5 Å². The van der Waals surface area contributed by atoms with Crippen LogP contribution in [0.1, 0.15) is 15.9 Å². The molecule has 1 aromatic heterocycles. The molecule has 0 unspecified atom stereocenters. The van der Waals surface area contributed by atoms with E-state index in [2.05, 4.69) is 10.3 Å². The number of pyridine rings is 1. The fourth-order valence-corrected chi connectivity index (χ4v) is 2.59. The summed E-state index contributed by atoms with van der Waals surface area (Å²) < 4.78 is 72.5. The molecule has 10 heteroatoms. The van der Waals surface area contributed by atoms with E-state index < -0.39 is 40.6 Å². The molecule has 29 heavy (non-hydrogen) atoms. The maximum Gasteiger partial charge on any atom is 0.419 e. The number of nitrogens with one attached hydrogen (secondary N) is 1. The predicted molar refractivity (Wildman–Crippen MR) is 95.1 cm³/mol. The molecule has 0 aliphatic rings. The average molecular weight is 429 g/mol. The van der Waals surface area contributed by atoms with Gasteiger partial charge in [0.2, 0.25) is 0 Å². The quantitative estimate of drug-likeness (QED) is 0.513. The van der Waals surface area contributed by atoms with E-state index in [1.165, 1.54) is 24.5 Å². The van der Waals surface area contributed by atoms with E-state index in [-0.39, 0.29) is 16.5 Å². The van der Waals surface area contributed by atoms with Gasteiger partial charge in [-0.15, -0.1) is 0 Å². The fraction of sp³-hybridized carbons (Fsp3) is 0.0526. The van der Waals surface area contributed by atoms with Crippen LogP contribution in [-0.2, 0) is 6.18 Å². The minimum absolute atomic E-state index is 0.125. The lowest BCUT2D eigenvalue weighted by Gasteiger charge is -2.16. The third-order valence-corrected chi connectivity index (χ3v) is 3.96. The second-order valence-corrected chi connectivity index (χ2v) is 6.08. The van der Waals surface area contributed by atoms with Crippen molar-refractivity contribution in [2.45, 2.75) is 6.18 Å². The summed E-state index contributed by atoms with van der Waals surface area (Å²) in [5, 5.41) is 2.03. The number of carbonyl (C=O) groups excluding carboxylic acids is 1. The van der Waals surface area contributed by atoms with Crippen molar-refractivity contribution >= 4 is 23.2 Å². The van der Waals surface area contributed by atoms with Crippen molar-refractivity contribution in [1.29, 1.82) is 0 Å². The number of aromatic nitrogens is 1. The Morgan fingerprint density at radius 2 is 1.79 bits per heavy atom. The number of nitrogens with zero attached hydrogens (tertiary/aromatic N) is 1. The van der Waals surface area contributed by atoms with Gasteiger partial charge in [0.1, 0.15) is 22.9 Å². The van der Waals surface area contributed by atoms with Crippen LogP contribution in [0.4, 0.5) is 27.6 Å². The summed E-state index contributed by atoms with van der Waals surface area (Å²) in [4.78, 5) is 16.3. The number of amides is 1.